The van der Waals surface area contributed by atoms with E-state index in [1.165, 1.54) is 5.56 Å². The van der Waals surface area contributed by atoms with Gasteiger partial charge in [-0.05, 0) is 72.7 Å². The molecular formula is C24H27NO5. The molecule has 30 heavy (non-hydrogen) atoms. The van der Waals surface area contributed by atoms with E-state index in [0.29, 0.717) is 12.5 Å². The van der Waals surface area contributed by atoms with Gasteiger partial charge in [-0.3, -0.25) is 4.79 Å². The van der Waals surface area contributed by atoms with Gasteiger partial charge in [-0.25, -0.2) is 4.99 Å². The fraction of sp³-hybridized carbons (Fsp3) is 0.417. The average Bonchev–Trinajstić information content (AvgIpc) is 3.32. The number of rotatable bonds is 8. The van der Waals surface area contributed by atoms with Crippen LogP contribution < -0.4 is 4.74 Å². The number of nitrogens with zero attached hydrogens (tertiary/aromatic N) is 1. The molecule has 6 nitrogen and oxygen atoms in total. The molecule has 0 spiro atoms. The van der Waals surface area contributed by atoms with Crippen molar-refractivity contribution in [1.29, 1.82) is 0 Å². The van der Waals surface area contributed by atoms with Gasteiger partial charge in [-0.2, -0.15) is 0 Å². The summed E-state index contributed by atoms with van der Waals surface area (Å²) in [5.74, 6) is 1.02. The summed E-state index contributed by atoms with van der Waals surface area (Å²) in [4.78, 5) is 15.8. The van der Waals surface area contributed by atoms with Gasteiger partial charge in [-0.1, -0.05) is 13.0 Å². The van der Waals surface area contributed by atoms with Crippen LogP contribution in [0.4, 0.5) is 0 Å². The van der Waals surface area contributed by atoms with Crippen molar-refractivity contribution in [2.45, 2.75) is 57.1 Å². The first-order valence-electron chi connectivity index (χ1n) is 10.5. The standard InChI is InChI=1S/C24H27NO5/c1-2-22-21(25-24(30-22)15-5-7-18(26)8-6-15)11-12-29-19-9-10-20-16(13-19)3-4-17(20)14-23(27)28/h5-10,13,17,21-22,26H,2-4,11-12,14H2,1H3,(H,27,28)/t17-,21?,22?/m0/s1. The normalized spacial score (nSPS) is 22.3. The van der Waals surface area contributed by atoms with Crippen molar-refractivity contribution in [2.24, 2.45) is 4.99 Å². The number of benzene rings is 2. The molecule has 0 bridgehead atoms. The number of aliphatic imine (C=N–C) groups is 1. The van der Waals surface area contributed by atoms with E-state index in [1.807, 2.05) is 30.3 Å². The Morgan fingerprint density at radius 2 is 2.03 bits per heavy atom. The largest absolute Gasteiger partial charge is 0.508 e. The van der Waals surface area contributed by atoms with Crippen LogP contribution in [0.3, 0.4) is 0 Å². The summed E-state index contributed by atoms with van der Waals surface area (Å²) in [6, 6.07) is 12.9. The molecule has 2 aromatic carbocycles. The van der Waals surface area contributed by atoms with Crippen molar-refractivity contribution in [2.75, 3.05) is 6.61 Å². The molecule has 0 radical (unpaired) electrons. The molecular weight excluding hydrogens is 382 g/mol. The highest BCUT2D eigenvalue weighted by atomic mass is 16.5. The number of phenolic OH excluding ortho intramolecular Hbond substituents is 1. The van der Waals surface area contributed by atoms with Crippen molar-refractivity contribution in [1.82, 2.24) is 0 Å². The number of ether oxygens (including phenoxy) is 2. The lowest BCUT2D eigenvalue weighted by Gasteiger charge is -2.16. The van der Waals surface area contributed by atoms with Gasteiger partial charge in [0.15, 0.2) is 0 Å². The Bertz CT molecular complexity index is 937. The number of aliphatic carboxylic acids is 1. The Morgan fingerprint density at radius 1 is 1.23 bits per heavy atom. The first-order chi connectivity index (χ1) is 14.5. The summed E-state index contributed by atoms with van der Waals surface area (Å²) in [6.45, 7) is 2.62. The predicted octanol–water partition coefficient (Wildman–Crippen LogP) is 4.29. The van der Waals surface area contributed by atoms with Crippen molar-refractivity contribution >= 4 is 11.9 Å². The SMILES string of the molecule is CCC1OC(c2ccc(O)cc2)=NC1CCOc1ccc2c(c1)CC[C@H]2CC(=O)O. The molecule has 4 rings (SSSR count). The van der Waals surface area contributed by atoms with Gasteiger partial charge in [0.25, 0.3) is 0 Å². The number of carbonyl (C=O) groups is 1. The van der Waals surface area contributed by atoms with E-state index < -0.39 is 5.97 Å². The second kappa shape index (κ2) is 8.78. The maximum absolute atomic E-state index is 11.0. The molecule has 0 fully saturated rings. The number of hydrogen-bond donors (Lipinski definition) is 2. The monoisotopic (exact) mass is 409 g/mol. The van der Waals surface area contributed by atoms with Crippen molar-refractivity contribution in [3.05, 3.63) is 59.2 Å². The third-order valence-corrected chi connectivity index (χ3v) is 5.91. The molecule has 2 unspecified atom stereocenters. The van der Waals surface area contributed by atoms with Crippen LogP contribution in [-0.2, 0) is 16.0 Å². The number of phenols is 1. The zero-order valence-electron chi connectivity index (χ0n) is 17.1. The molecule has 158 valence electrons. The van der Waals surface area contributed by atoms with E-state index in [9.17, 15) is 9.90 Å². The molecule has 1 aliphatic carbocycles. The molecule has 0 saturated carbocycles. The molecule has 0 aromatic heterocycles. The topological polar surface area (TPSA) is 88.4 Å². The van der Waals surface area contributed by atoms with E-state index in [0.717, 1.165) is 42.6 Å². The minimum absolute atomic E-state index is 0.0224. The predicted molar refractivity (Wildman–Crippen MR) is 113 cm³/mol. The third kappa shape index (κ3) is 4.42. The van der Waals surface area contributed by atoms with E-state index in [-0.39, 0.29) is 30.2 Å². The minimum atomic E-state index is -0.746. The molecule has 2 aliphatic rings. The zero-order chi connectivity index (χ0) is 21.1. The first-order valence-corrected chi connectivity index (χ1v) is 10.5. The van der Waals surface area contributed by atoms with E-state index in [2.05, 4.69) is 6.92 Å². The second-order valence-electron chi connectivity index (χ2n) is 7.94. The van der Waals surface area contributed by atoms with Gasteiger partial charge in [0.1, 0.15) is 17.6 Å². The second-order valence-corrected chi connectivity index (χ2v) is 7.94. The Kier molecular flexibility index (Phi) is 5.93. The highest BCUT2D eigenvalue weighted by molar-refractivity contribution is 5.95. The summed E-state index contributed by atoms with van der Waals surface area (Å²) < 4.78 is 12.0. The van der Waals surface area contributed by atoms with Crippen LogP contribution in [-0.4, -0.2) is 40.8 Å². The number of carboxylic acid groups (broad SMARTS) is 1. The van der Waals surface area contributed by atoms with E-state index >= 15 is 0 Å². The van der Waals surface area contributed by atoms with Crippen molar-refractivity contribution in [3.63, 3.8) is 0 Å². The van der Waals surface area contributed by atoms with E-state index in [1.54, 1.807) is 12.1 Å². The fourth-order valence-corrected chi connectivity index (χ4v) is 4.33. The number of hydrogen-bond acceptors (Lipinski definition) is 5. The quantitative estimate of drug-likeness (QED) is 0.679. The Morgan fingerprint density at radius 3 is 2.77 bits per heavy atom. The van der Waals surface area contributed by atoms with Crippen LogP contribution in [0.15, 0.2) is 47.5 Å². The van der Waals surface area contributed by atoms with Gasteiger partial charge in [0.05, 0.1) is 19.1 Å². The highest BCUT2D eigenvalue weighted by Gasteiger charge is 2.30. The number of carboxylic acids is 1. The smallest absolute Gasteiger partial charge is 0.303 e. The molecule has 0 amide bonds. The summed E-state index contributed by atoms with van der Waals surface area (Å²) in [7, 11) is 0. The Labute approximate surface area is 176 Å². The summed E-state index contributed by atoms with van der Waals surface area (Å²) >= 11 is 0. The third-order valence-electron chi connectivity index (χ3n) is 5.91. The van der Waals surface area contributed by atoms with Crippen LogP contribution in [0, 0.1) is 0 Å². The first kappa shape index (κ1) is 20.3. The number of aromatic hydroxyl groups is 1. The van der Waals surface area contributed by atoms with Gasteiger partial charge in [0.2, 0.25) is 5.90 Å². The van der Waals surface area contributed by atoms with Gasteiger partial charge in [0, 0.05) is 12.0 Å². The maximum atomic E-state index is 11.0. The Balaban J connectivity index is 1.35. The Hall–Kier alpha value is -3.02. The van der Waals surface area contributed by atoms with Gasteiger partial charge in [-0.15, -0.1) is 0 Å². The lowest BCUT2D eigenvalue weighted by atomic mass is 9.98. The molecule has 1 heterocycles. The lowest BCUT2D eigenvalue weighted by Crippen LogP contribution is -2.23. The van der Waals surface area contributed by atoms with Crippen molar-refractivity contribution in [3.8, 4) is 11.5 Å². The van der Waals surface area contributed by atoms with Crippen LogP contribution in [0.2, 0.25) is 0 Å². The molecule has 2 aromatic rings. The molecule has 3 atom stereocenters. The number of aryl methyl sites for hydroxylation is 1. The summed E-state index contributed by atoms with van der Waals surface area (Å²) in [6.07, 6.45) is 3.61. The van der Waals surface area contributed by atoms with Crippen LogP contribution in [0.25, 0.3) is 0 Å². The van der Waals surface area contributed by atoms with Crippen molar-refractivity contribution < 1.29 is 24.5 Å². The fourth-order valence-electron chi connectivity index (χ4n) is 4.33. The van der Waals surface area contributed by atoms with Crippen LogP contribution >= 0.6 is 0 Å². The van der Waals surface area contributed by atoms with Crippen LogP contribution in [0.5, 0.6) is 11.5 Å². The minimum Gasteiger partial charge on any atom is -0.508 e. The van der Waals surface area contributed by atoms with E-state index in [4.69, 9.17) is 19.6 Å². The molecule has 0 saturated heterocycles. The average molecular weight is 409 g/mol. The maximum Gasteiger partial charge on any atom is 0.303 e. The van der Waals surface area contributed by atoms with Gasteiger partial charge < -0.3 is 19.7 Å². The highest BCUT2D eigenvalue weighted by Crippen LogP contribution is 2.37. The molecule has 6 heteroatoms. The molecule has 2 N–H and O–H groups in total. The van der Waals surface area contributed by atoms with Gasteiger partial charge >= 0.3 is 5.97 Å². The number of fused-ring (bicyclic) bond motifs is 1. The summed E-state index contributed by atoms with van der Waals surface area (Å²) in [5.41, 5.74) is 3.20. The zero-order valence-corrected chi connectivity index (χ0v) is 17.1. The lowest BCUT2D eigenvalue weighted by molar-refractivity contribution is -0.137. The van der Waals surface area contributed by atoms with Crippen LogP contribution in [0.1, 0.15) is 55.2 Å². The molecule has 1 aliphatic heterocycles. The summed E-state index contributed by atoms with van der Waals surface area (Å²) in [5, 5.41) is 18.5.